The van der Waals surface area contributed by atoms with E-state index < -0.39 is 6.23 Å². The highest BCUT2D eigenvalue weighted by Gasteiger charge is 2.35. The second kappa shape index (κ2) is 16.9. The van der Waals surface area contributed by atoms with Crippen LogP contribution in [0.1, 0.15) is 86.3 Å². The van der Waals surface area contributed by atoms with E-state index >= 15 is 0 Å². The van der Waals surface area contributed by atoms with Gasteiger partial charge < -0.3 is 30.1 Å². The third kappa shape index (κ3) is 8.47. The van der Waals surface area contributed by atoms with Gasteiger partial charge in [0.1, 0.15) is 23.5 Å². The molecule has 5 N–H and O–H groups in total. The lowest BCUT2D eigenvalue weighted by Gasteiger charge is -2.31. The Labute approximate surface area is 309 Å². The molecule has 0 amide bonds. The zero-order valence-corrected chi connectivity index (χ0v) is 31.4. The molecule has 0 aromatic heterocycles. The van der Waals surface area contributed by atoms with Crippen LogP contribution in [0.2, 0.25) is 0 Å². The van der Waals surface area contributed by atoms with Crippen molar-refractivity contribution in [2.75, 3.05) is 27.0 Å². The number of aryl methyl sites for hydroxylation is 1. The Morgan fingerprint density at radius 3 is 2.45 bits per heavy atom. The topological polar surface area (TPSA) is 120 Å². The lowest BCUT2D eigenvalue weighted by atomic mass is 9.87. The normalized spacial score (nSPS) is 19.4. The van der Waals surface area contributed by atoms with Crippen LogP contribution in [0, 0.1) is 0 Å². The van der Waals surface area contributed by atoms with Crippen molar-refractivity contribution in [2.45, 2.75) is 87.8 Å². The molecule has 2 aliphatic rings. The van der Waals surface area contributed by atoms with E-state index in [1.807, 2.05) is 49.2 Å². The predicted molar refractivity (Wildman–Crippen MR) is 209 cm³/mol. The average Bonchev–Trinajstić information content (AvgIpc) is 3.62. The van der Waals surface area contributed by atoms with E-state index in [9.17, 15) is 20.1 Å². The van der Waals surface area contributed by atoms with Crippen molar-refractivity contribution >= 4 is 38.1 Å². The zero-order chi connectivity index (χ0) is 36.0. The monoisotopic (exact) mass is 730 g/mol. The maximum atomic E-state index is 13.8. The maximum absolute atomic E-state index is 13.8. The number of carbonyl (C=O) groups excluding carboxylic acids is 1. The molecule has 272 valence electrons. The molecule has 4 aromatic rings. The number of Topliss-reactive ketones (excluding diaryl/α,β-unsaturated/α-hetero) is 1. The van der Waals surface area contributed by atoms with Gasteiger partial charge in [-0.2, -0.15) is 0 Å². The van der Waals surface area contributed by atoms with Crippen molar-refractivity contribution in [1.82, 2.24) is 10.6 Å². The number of rotatable bonds is 7. The van der Waals surface area contributed by atoms with Crippen molar-refractivity contribution in [1.29, 1.82) is 0 Å². The molecule has 10 heteroatoms. The van der Waals surface area contributed by atoms with Crippen LogP contribution in [0.3, 0.4) is 0 Å². The Hall–Kier alpha value is -3.41. The molecule has 1 aliphatic carbocycles. The first-order chi connectivity index (χ1) is 24.7. The van der Waals surface area contributed by atoms with Crippen molar-refractivity contribution in [3.8, 4) is 34.1 Å². The number of phenols is 3. The van der Waals surface area contributed by atoms with Gasteiger partial charge in [-0.15, -0.1) is 0 Å². The Balaban J connectivity index is 1.29. The van der Waals surface area contributed by atoms with E-state index in [1.54, 1.807) is 42.2 Å². The van der Waals surface area contributed by atoms with Gasteiger partial charge in [0.2, 0.25) is 0 Å². The van der Waals surface area contributed by atoms with Crippen LogP contribution >= 0.6 is 21.6 Å². The first-order valence-corrected chi connectivity index (χ1v) is 20.5. The Kier molecular flexibility index (Phi) is 12.4. The maximum Gasteiger partial charge on any atom is 0.168 e. The number of fused-ring (bicyclic) bond motifs is 5. The minimum absolute atomic E-state index is 0.0382. The molecule has 2 unspecified atom stereocenters. The number of hydrogen-bond donors (Lipinski definition) is 5. The van der Waals surface area contributed by atoms with Gasteiger partial charge in [-0.1, -0.05) is 65.1 Å². The Bertz CT molecular complexity index is 1840. The number of ketones is 1. The van der Waals surface area contributed by atoms with Crippen molar-refractivity contribution in [2.24, 2.45) is 0 Å². The van der Waals surface area contributed by atoms with E-state index in [4.69, 9.17) is 9.47 Å². The van der Waals surface area contributed by atoms with Crippen LogP contribution < -0.4 is 15.4 Å². The van der Waals surface area contributed by atoms with E-state index in [0.29, 0.717) is 24.3 Å². The van der Waals surface area contributed by atoms with E-state index in [-0.39, 0.29) is 41.1 Å². The molecule has 4 aromatic carbocycles. The molecular weight excluding hydrogens is 681 g/mol. The highest BCUT2D eigenvalue weighted by molar-refractivity contribution is 8.76. The van der Waals surface area contributed by atoms with Gasteiger partial charge in [0.15, 0.2) is 11.5 Å². The fraction of sp³-hybridized carbons (Fsp3) is 0.439. The van der Waals surface area contributed by atoms with Gasteiger partial charge >= 0.3 is 0 Å². The summed E-state index contributed by atoms with van der Waals surface area (Å²) in [5.41, 5.74) is 5.41. The summed E-state index contributed by atoms with van der Waals surface area (Å²) >= 11 is 0. The molecule has 0 spiro atoms. The number of nitrogens with one attached hydrogen (secondary N) is 2. The summed E-state index contributed by atoms with van der Waals surface area (Å²) in [6.45, 7) is 0. The molecule has 51 heavy (non-hydrogen) atoms. The minimum Gasteiger partial charge on any atom is -0.508 e. The van der Waals surface area contributed by atoms with Gasteiger partial charge in [0.05, 0.1) is 13.2 Å². The summed E-state index contributed by atoms with van der Waals surface area (Å²) in [7, 11) is 8.99. The molecule has 1 fully saturated rings. The molecule has 1 aliphatic heterocycles. The number of carbonyl (C=O) groups is 1. The molecule has 6 rings (SSSR count). The molecule has 2 atom stereocenters. The largest absolute Gasteiger partial charge is 0.508 e. The number of benzene rings is 4. The molecule has 0 radical (unpaired) electrons. The number of aromatic hydroxyl groups is 3. The highest BCUT2D eigenvalue weighted by Crippen LogP contribution is 2.46. The molecule has 1 heterocycles. The quantitative estimate of drug-likeness (QED) is 0.0932. The van der Waals surface area contributed by atoms with Crippen molar-refractivity contribution in [3.63, 3.8) is 0 Å². The summed E-state index contributed by atoms with van der Waals surface area (Å²) < 4.78 is 12.5. The molecule has 8 nitrogen and oxygen atoms in total. The van der Waals surface area contributed by atoms with Crippen LogP contribution in [-0.4, -0.2) is 54.2 Å². The Morgan fingerprint density at radius 2 is 1.69 bits per heavy atom. The van der Waals surface area contributed by atoms with Gasteiger partial charge in [0.25, 0.3) is 0 Å². The summed E-state index contributed by atoms with van der Waals surface area (Å²) in [4.78, 5) is 13.8. The van der Waals surface area contributed by atoms with Crippen LogP contribution in [0.4, 0.5) is 0 Å². The molecular formula is C41H50N2O6S2. The second-order valence-electron chi connectivity index (χ2n) is 13.8. The lowest BCUT2D eigenvalue weighted by molar-refractivity contribution is -0.124. The van der Waals surface area contributed by atoms with Crippen molar-refractivity contribution < 1.29 is 29.6 Å². The summed E-state index contributed by atoms with van der Waals surface area (Å²) in [5, 5.41) is 41.0. The third-order valence-corrected chi connectivity index (χ3v) is 12.9. The zero-order valence-electron chi connectivity index (χ0n) is 29.8. The molecule has 0 bridgehead atoms. The highest BCUT2D eigenvalue weighted by atomic mass is 33.1. The van der Waals surface area contributed by atoms with E-state index in [1.165, 1.54) is 0 Å². The lowest BCUT2D eigenvalue weighted by Crippen LogP contribution is -2.37. The van der Waals surface area contributed by atoms with Crippen LogP contribution in [-0.2, 0) is 27.2 Å². The van der Waals surface area contributed by atoms with Gasteiger partial charge in [-0.3, -0.25) is 10.1 Å². The average molecular weight is 731 g/mol. The van der Waals surface area contributed by atoms with Gasteiger partial charge in [-0.05, 0) is 121 Å². The first-order valence-electron chi connectivity index (χ1n) is 18.0. The predicted octanol–water partition coefficient (Wildman–Crippen LogP) is 8.88. The van der Waals surface area contributed by atoms with Crippen LogP contribution in [0.25, 0.3) is 21.9 Å². The third-order valence-electron chi connectivity index (χ3n) is 10.6. The smallest absolute Gasteiger partial charge is 0.168 e. The minimum atomic E-state index is -0.488. The van der Waals surface area contributed by atoms with Crippen LogP contribution in [0.15, 0.2) is 60.7 Å². The number of methoxy groups -OCH3 is 1. The standard InChI is InChI=1S/C41H50N2O6S2/c1-42-40(28-20-29(22-32(46)21-28)41(43-2)17-5-6-18-41)49-33-8-4-7-19-50-51-25-36-34(15-11-26-9-13-31(45)24-35(26)36)38-27(10-14-30(44)23-33)12-16-37(47)39(38)48-3/h9,11-13,15-16,20-22,24,33,40,42-43,45-47H,4-8,10,14,17-19,23,25H2,1-3H3. The molecule has 0 saturated heterocycles. The SMILES string of the molecule is CNC(OC1CCCCSSCc2c(ccc3ccc(O)cc23)-c2c(ccc(O)c2OC)CCC(=O)C1)c1cc(O)cc(C2(NC)CCCC2)c1. The fourth-order valence-electron chi connectivity index (χ4n) is 7.85. The van der Waals surface area contributed by atoms with E-state index in [2.05, 4.69) is 22.8 Å². The molecule has 1 saturated carbocycles. The number of phenolic OH excluding ortho intramolecular Hbond substituents is 3. The summed E-state index contributed by atoms with van der Waals surface area (Å²) in [5.74, 6) is 2.56. The number of ether oxygens (including phenoxy) is 2. The van der Waals surface area contributed by atoms with E-state index in [0.717, 1.165) is 94.9 Å². The number of hydrogen-bond acceptors (Lipinski definition) is 10. The fourth-order valence-corrected chi connectivity index (χ4v) is 10.1. The second-order valence-corrected chi connectivity index (χ2v) is 16.3. The van der Waals surface area contributed by atoms with Crippen molar-refractivity contribution in [3.05, 3.63) is 82.9 Å². The van der Waals surface area contributed by atoms with Gasteiger partial charge in [-0.25, -0.2) is 0 Å². The summed E-state index contributed by atoms with van der Waals surface area (Å²) in [6.07, 6.45) is 7.22. The first kappa shape index (κ1) is 37.4. The van der Waals surface area contributed by atoms with Gasteiger partial charge in [0, 0.05) is 35.4 Å². The summed E-state index contributed by atoms with van der Waals surface area (Å²) in [6, 6.07) is 18.8. The van der Waals surface area contributed by atoms with Crippen LogP contribution in [0.5, 0.6) is 23.0 Å². The Morgan fingerprint density at radius 1 is 0.882 bits per heavy atom.